The number of hydrogen-bond acceptors (Lipinski definition) is 0. The van der Waals surface area contributed by atoms with Gasteiger partial charge in [-0.15, -0.1) is 0 Å². The predicted molar refractivity (Wildman–Crippen MR) is 41.9 cm³/mol. The summed E-state index contributed by atoms with van der Waals surface area (Å²) in [6, 6.07) is 0. The van der Waals surface area contributed by atoms with E-state index in [-0.39, 0.29) is 0 Å². The van der Waals surface area contributed by atoms with Gasteiger partial charge in [0.1, 0.15) is 0 Å². The van der Waals surface area contributed by atoms with Gasteiger partial charge in [-0.1, -0.05) is 0 Å². The molecule has 0 amide bonds. The van der Waals surface area contributed by atoms with E-state index in [2.05, 4.69) is 27.7 Å². The molecule has 0 aromatic heterocycles. The van der Waals surface area contributed by atoms with Gasteiger partial charge in [-0.25, -0.2) is 0 Å². The Morgan fingerprint density at radius 2 is 0.889 bits per heavy atom. The number of hydrogen-bond donors (Lipinski definition) is 0. The summed E-state index contributed by atoms with van der Waals surface area (Å²) in [6.45, 7) is 9.54. The van der Waals surface area contributed by atoms with Gasteiger partial charge < -0.3 is 0 Å². The van der Waals surface area contributed by atoms with E-state index < -0.39 is 16.6 Å². The first-order valence-corrected chi connectivity index (χ1v) is 8.66. The van der Waals surface area contributed by atoms with E-state index in [1.807, 2.05) is 0 Å². The maximum atomic E-state index is 2.39. The van der Waals surface area contributed by atoms with Crippen LogP contribution in [-0.2, 0) is 16.6 Å². The van der Waals surface area contributed by atoms with Crippen LogP contribution < -0.4 is 0 Å². The minimum absolute atomic E-state index is 1.17. The summed E-state index contributed by atoms with van der Waals surface area (Å²) < 4.78 is 6.12. The van der Waals surface area contributed by atoms with Crippen molar-refractivity contribution in [1.82, 2.24) is 0 Å². The van der Waals surface area contributed by atoms with Crippen LogP contribution in [0, 0.1) is 0 Å². The molecule has 0 aromatic rings. The molecule has 0 saturated carbocycles. The molecule has 0 aliphatic heterocycles. The second-order valence-electron chi connectivity index (χ2n) is 2.91. The minimum atomic E-state index is -1.17. The molecule has 9 heavy (non-hydrogen) atoms. The molecule has 0 fully saturated rings. The van der Waals surface area contributed by atoms with E-state index in [0.717, 1.165) is 0 Å². The summed E-state index contributed by atoms with van der Waals surface area (Å²) in [6.07, 6.45) is 0. The summed E-state index contributed by atoms with van der Waals surface area (Å²) in [5, 5.41) is 0. The van der Waals surface area contributed by atoms with Gasteiger partial charge >= 0.3 is 63.2 Å². The fraction of sp³-hybridized carbons (Fsp3) is 1.00. The fourth-order valence-electron chi connectivity index (χ4n) is 1.50. The Balaban J connectivity index is 3.82. The van der Waals surface area contributed by atoms with E-state index in [9.17, 15) is 0 Å². The van der Waals surface area contributed by atoms with Crippen molar-refractivity contribution in [2.45, 2.75) is 46.6 Å². The monoisotopic (exact) mass is 164 g/mol. The summed E-state index contributed by atoms with van der Waals surface area (Å²) in [4.78, 5) is 0. The van der Waals surface area contributed by atoms with Crippen LogP contribution >= 0.6 is 0 Å². The zero-order valence-corrected chi connectivity index (χ0v) is 8.89. The van der Waals surface area contributed by atoms with Crippen LogP contribution in [0.5, 0.6) is 0 Å². The van der Waals surface area contributed by atoms with Crippen LogP contribution in [0.1, 0.15) is 27.7 Å². The second-order valence-corrected chi connectivity index (χ2v) is 12.0. The second kappa shape index (κ2) is 4.52. The van der Waals surface area contributed by atoms with Gasteiger partial charge in [0.05, 0.1) is 0 Å². The Labute approximate surface area is 63.4 Å². The molecule has 0 N–H and O–H groups in total. The van der Waals surface area contributed by atoms with Crippen LogP contribution in [0.3, 0.4) is 0 Å². The van der Waals surface area contributed by atoms with Crippen molar-refractivity contribution in [2.24, 2.45) is 0 Å². The number of rotatable bonds is 4. The van der Waals surface area contributed by atoms with Gasteiger partial charge in [-0.05, 0) is 0 Å². The van der Waals surface area contributed by atoms with E-state index in [0.29, 0.717) is 0 Å². The van der Waals surface area contributed by atoms with E-state index >= 15 is 0 Å². The summed E-state index contributed by atoms with van der Waals surface area (Å²) >= 11 is -1.17. The van der Waals surface area contributed by atoms with E-state index in [4.69, 9.17) is 0 Å². The van der Waals surface area contributed by atoms with Gasteiger partial charge in [-0.2, -0.15) is 0 Å². The zero-order valence-electron chi connectivity index (χ0n) is 7.33. The molecule has 0 bridgehead atoms. The van der Waals surface area contributed by atoms with Crippen molar-refractivity contribution in [1.29, 1.82) is 0 Å². The first kappa shape index (κ1) is 9.71. The van der Waals surface area contributed by atoms with Gasteiger partial charge in [0.2, 0.25) is 0 Å². The molecule has 0 atom stereocenters. The molecule has 0 rings (SSSR count). The van der Waals surface area contributed by atoms with Crippen LogP contribution in [-0.4, -0.2) is 0 Å². The maximum absolute atomic E-state index is 2.39. The van der Waals surface area contributed by atoms with Crippen molar-refractivity contribution in [3.05, 3.63) is 0 Å². The standard InChI is InChI=1S/4C2H5.Ti/c4*1-2;/h4*1H2,2H3;. The summed E-state index contributed by atoms with van der Waals surface area (Å²) in [7, 11) is 0. The third kappa shape index (κ3) is 2.43. The van der Waals surface area contributed by atoms with Gasteiger partial charge in [0, 0.05) is 0 Å². The average molecular weight is 164 g/mol. The normalized spacial score (nSPS) is 12.0. The third-order valence-electron chi connectivity index (χ3n) is 3.00. The topological polar surface area (TPSA) is 0 Å². The van der Waals surface area contributed by atoms with Crippen LogP contribution in [0.2, 0.25) is 18.9 Å². The first-order valence-electron chi connectivity index (χ1n) is 4.24. The van der Waals surface area contributed by atoms with Gasteiger partial charge in [0.25, 0.3) is 0 Å². The molecule has 0 unspecified atom stereocenters. The Morgan fingerprint density at radius 1 is 0.667 bits per heavy atom. The Bertz CT molecular complexity index is 47.5. The fourth-order valence-corrected chi connectivity index (χ4v) is 6.18. The molecular formula is C8H20Ti. The molecule has 56 valence electrons. The van der Waals surface area contributed by atoms with Crippen LogP contribution in [0.25, 0.3) is 0 Å². The molecule has 0 heterocycles. The first-order chi connectivity index (χ1) is 4.24. The Morgan fingerprint density at radius 3 is 0.889 bits per heavy atom. The third-order valence-corrected chi connectivity index (χ3v) is 12.4. The molecule has 1 heteroatoms. The Hall–Kier alpha value is 0.714. The Kier molecular flexibility index (Phi) is 4.88. The van der Waals surface area contributed by atoms with Crippen LogP contribution in [0.15, 0.2) is 0 Å². The molecule has 0 saturated heterocycles. The average Bonchev–Trinajstić information content (AvgIpc) is 1.95. The van der Waals surface area contributed by atoms with E-state index in [1.54, 1.807) is 0 Å². The molecule has 0 aliphatic rings. The molecular weight excluding hydrogens is 144 g/mol. The quantitative estimate of drug-likeness (QED) is 0.553. The molecule has 0 spiro atoms. The molecule has 0 nitrogen and oxygen atoms in total. The van der Waals surface area contributed by atoms with Gasteiger partial charge in [0.15, 0.2) is 0 Å². The molecule has 0 aromatic carbocycles. The van der Waals surface area contributed by atoms with Crippen LogP contribution in [0.4, 0.5) is 0 Å². The SMILES string of the molecule is C[CH2][Ti]([CH2]C)([CH2]C)[CH2]C. The zero-order chi connectivity index (χ0) is 7.33. The predicted octanol–water partition coefficient (Wildman–Crippen LogP) is 3.89. The van der Waals surface area contributed by atoms with E-state index in [1.165, 1.54) is 18.9 Å². The van der Waals surface area contributed by atoms with Crippen molar-refractivity contribution in [3.63, 3.8) is 0 Å². The molecule has 0 radical (unpaired) electrons. The van der Waals surface area contributed by atoms with Gasteiger partial charge in [-0.3, -0.25) is 0 Å². The molecule has 0 aliphatic carbocycles. The summed E-state index contributed by atoms with van der Waals surface area (Å²) in [5.74, 6) is 0. The van der Waals surface area contributed by atoms with Crippen molar-refractivity contribution in [2.75, 3.05) is 0 Å². The summed E-state index contributed by atoms with van der Waals surface area (Å²) in [5.41, 5.74) is 0. The van der Waals surface area contributed by atoms with Crippen molar-refractivity contribution in [3.8, 4) is 0 Å². The van der Waals surface area contributed by atoms with Crippen molar-refractivity contribution < 1.29 is 16.6 Å². The van der Waals surface area contributed by atoms with Crippen molar-refractivity contribution >= 4 is 0 Å².